The number of thiophene rings is 1. The number of hydrogen-bond donors (Lipinski definition) is 1. The van der Waals surface area contributed by atoms with E-state index in [-0.39, 0.29) is 5.56 Å². The van der Waals surface area contributed by atoms with Gasteiger partial charge in [-0.25, -0.2) is 4.68 Å². The minimum Gasteiger partial charge on any atom is -0.480 e. The highest BCUT2D eigenvalue weighted by molar-refractivity contribution is 7.12. The summed E-state index contributed by atoms with van der Waals surface area (Å²) in [6, 6.07) is 6.83. The first-order valence-corrected chi connectivity index (χ1v) is 6.44. The third-order valence-corrected chi connectivity index (χ3v) is 3.32. The van der Waals surface area contributed by atoms with Crippen LogP contribution in [-0.2, 0) is 6.54 Å². The molecule has 0 aliphatic heterocycles. The van der Waals surface area contributed by atoms with Gasteiger partial charge in [0.2, 0.25) is 5.88 Å². The maximum atomic E-state index is 11.7. The average Bonchev–Trinajstić information content (AvgIpc) is 2.86. The molecule has 0 fully saturated rings. The number of hydrogen-bond acceptors (Lipinski definition) is 5. The van der Waals surface area contributed by atoms with E-state index in [2.05, 4.69) is 16.9 Å². The molecule has 2 aromatic heterocycles. The maximum Gasteiger partial charge on any atom is 0.267 e. The van der Waals surface area contributed by atoms with Gasteiger partial charge in [-0.3, -0.25) is 4.79 Å². The van der Waals surface area contributed by atoms with Gasteiger partial charge in [0.25, 0.3) is 5.56 Å². The Kier molecular flexibility index (Phi) is 4.34. The van der Waals surface area contributed by atoms with Crippen molar-refractivity contribution >= 4 is 11.3 Å². The quantitative estimate of drug-likeness (QED) is 0.836. The predicted molar refractivity (Wildman–Crippen MR) is 74.4 cm³/mol. The topological polar surface area (TPSA) is 70.1 Å². The van der Waals surface area contributed by atoms with Crippen molar-refractivity contribution in [3.05, 3.63) is 44.4 Å². The van der Waals surface area contributed by atoms with Gasteiger partial charge < -0.3 is 10.5 Å². The Balaban J connectivity index is 2.21. The first kappa shape index (κ1) is 13.3. The second kappa shape index (κ2) is 6.18. The van der Waals surface area contributed by atoms with E-state index in [1.54, 1.807) is 6.07 Å². The highest BCUT2D eigenvalue weighted by Crippen LogP contribution is 2.16. The van der Waals surface area contributed by atoms with Gasteiger partial charge in [-0.1, -0.05) is 11.8 Å². The number of nitrogens with zero attached hydrogens (tertiary/aromatic N) is 2. The van der Waals surface area contributed by atoms with Crippen molar-refractivity contribution in [3.8, 4) is 17.7 Å². The van der Waals surface area contributed by atoms with Crippen LogP contribution in [0.3, 0.4) is 0 Å². The van der Waals surface area contributed by atoms with Crippen molar-refractivity contribution < 1.29 is 4.74 Å². The molecule has 0 bridgehead atoms. The Morgan fingerprint density at radius 1 is 1.42 bits per heavy atom. The van der Waals surface area contributed by atoms with Crippen LogP contribution in [-0.4, -0.2) is 23.4 Å². The second-order valence-electron chi connectivity index (χ2n) is 3.64. The highest BCUT2D eigenvalue weighted by Gasteiger charge is 2.04. The molecule has 0 aliphatic carbocycles. The maximum absolute atomic E-state index is 11.7. The van der Waals surface area contributed by atoms with E-state index in [1.165, 1.54) is 29.2 Å². The molecule has 0 saturated carbocycles. The molecule has 98 valence electrons. The lowest BCUT2D eigenvalue weighted by Crippen LogP contribution is -2.22. The van der Waals surface area contributed by atoms with E-state index >= 15 is 0 Å². The van der Waals surface area contributed by atoms with Crippen LogP contribution >= 0.6 is 11.3 Å². The number of methoxy groups -OCH3 is 1. The van der Waals surface area contributed by atoms with Gasteiger partial charge in [-0.05, 0) is 12.1 Å². The zero-order valence-electron chi connectivity index (χ0n) is 10.4. The van der Waals surface area contributed by atoms with Crippen molar-refractivity contribution in [2.24, 2.45) is 5.73 Å². The first-order chi connectivity index (χ1) is 9.22. The summed E-state index contributed by atoms with van der Waals surface area (Å²) in [7, 11) is 1.52. The standard InChI is InChI=1S/C13H13N3O2S/c1-18-12-6-7-13(17)16(15-12)9-11-5-4-10(19-11)3-2-8-14/h4-7H,8-9,14H2,1H3. The van der Waals surface area contributed by atoms with E-state index < -0.39 is 0 Å². The normalized spacial score (nSPS) is 9.79. The van der Waals surface area contributed by atoms with Crippen molar-refractivity contribution in [1.29, 1.82) is 0 Å². The molecular weight excluding hydrogens is 262 g/mol. The van der Waals surface area contributed by atoms with Gasteiger partial charge in [0.1, 0.15) is 0 Å². The van der Waals surface area contributed by atoms with Crippen molar-refractivity contribution in [2.45, 2.75) is 6.54 Å². The van der Waals surface area contributed by atoms with E-state index in [1.807, 2.05) is 12.1 Å². The summed E-state index contributed by atoms with van der Waals surface area (Å²) >= 11 is 1.52. The van der Waals surface area contributed by atoms with E-state index in [9.17, 15) is 4.79 Å². The molecular formula is C13H13N3O2S. The Hall–Kier alpha value is -2.10. The van der Waals surface area contributed by atoms with Gasteiger partial charge in [0.15, 0.2) is 0 Å². The van der Waals surface area contributed by atoms with Gasteiger partial charge in [-0.15, -0.1) is 16.4 Å². The summed E-state index contributed by atoms with van der Waals surface area (Å²) in [5.41, 5.74) is 5.16. The number of nitrogens with two attached hydrogens (primary N) is 1. The van der Waals surface area contributed by atoms with Gasteiger partial charge in [0, 0.05) is 17.0 Å². The molecule has 0 aliphatic rings. The third-order valence-electron chi connectivity index (χ3n) is 2.33. The average molecular weight is 275 g/mol. The molecule has 0 radical (unpaired) electrons. The van der Waals surface area contributed by atoms with Crippen LogP contribution < -0.4 is 16.0 Å². The molecule has 0 aromatic carbocycles. The fourth-order valence-electron chi connectivity index (χ4n) is 1.47. The molecule has 0 atom stereocenters. The third kappa shape index (κ3) is 3.44. The molecule has 2 N–H and O–H groups in total. The van der Waals surface area contributed by atoms with Crippen LogP contribution in [0.4, 0.5) is 0 Å². The van der Waals surface area contributed by atoms with E-state index in [4.69, 9.17) is 10.5 Å². The largest absolute Gasteiger partial charge is 0.480 e. The summed E-state index contributed by atoms with van der Waals surface area (Å²) in [5, 5.41) is 4.09. The van der Waals surface area contributed by atoms with Crippen LogP contribution in [0.1, 0.15) is 9.75 Å². The smallest absolute Gasteiger partial charge is 0.267 e. The van der Waals surface area contributed by atoms with Crippen molar-refractivity contribution in [3.63, 3.8) is 0 Å². The SMILES string of the molecule is COc1ccc(=O)n(Cc2ccc(C#CCN)s2)n1. The molecule has 2 rings (SSSR count). The minimum absolute atomic E-state index is 0.163. The molecule has 0 unspecified atom stereocenters. The highest BCUT2D eigenvalue weighted by atomic mass is 32.1. The Bertz CT molecular complexity index is 679. The first-order valence-electron chi connectivity index (χ1n) is 5.62. The predicted octanol–water partition coefficient (Wildman–Crippen LogP) is 0.672. The zero-order valence-corrected chi connectivity index (χ0v) is 11.2. The Labute approximate surface area is 114 Å². The lowest BCUT2D eigenvalue weighted by molar-refractivity contribution is 0.379. The molecule has 19 heavy (non-hydrogen) atoms. The van der Waals surface area contributed by atoms with Crippen LogP contribution in [0.25, 0.3) is 0 Å². The fraction of sp³-hybridized carbons (Fsp3) is 0.231. The summed E-state index contributed by atoms with van der Waals surface area (Å²) in [6.07, 6.45) is 0. The second-order valence-corrected chi connectivity index (χ2v) is 4.81. The van der Waals surface area contributed by atoms with Crippen LogP contribution in [0.15, 0.2) is 29.1 Å². The minimum atomic E-state index is -0.163. The van der Waals surface area contributed by atoms with Gasteiger partial charge >= 0.3 is 0 Å². The molecule has 0 amide bonds. The number of rotatable bonds is 3. The molecule has 0 spiro atoms. The number of ether oxygens (including phenoxy) is 1. The van der Waals surface area contributed by atoms with E-state index in [0.29, 0.717) is 19.0 Å². The number of aromatic nitrogens is 2. The van der Waals surface area contributed by atoms with Gasteiger partial charge in [-0.2, -0.15) is 0 Å². The van der Waals surface area contributed by atoms with Crippen molar-refractivity contribution in [2.75, 3.05) is 13.7 Å². The van der Waals surface area contributed by atoms with Crippen LogP contribution in [0, 0.1) is 11.8 Å². The van der Waals surface area contributed by atoms with Crippen LogP contribution in [0.5, 0.6) is 5.88 Å². The molecule has 6 heteroatoms. The summed E-state index contributed by atoms with van der Waals surface area (Å²) in [4.78, 5) is 13.6. The molecule has 5 nitrogen and oxygen atoms in total. The molecule has 0 saturated heterocycles. The van der Waals surface area contributed by atoms with Gasteiger partial charge in [0.05, 0.1) is 25.1 Å². The molecule has 2 heterocycles. The lowest BCUT2D eigenvalue weighted by Gasteiger charge is -2.04. The Morgan fingerprint density at radius 2 is 2.26 bits per heavy atom. The monoisotopic (exact) mass is 275 g/mol. The van der Waals surface area contributed by atoms with Crippen molar-refractivity contribution in [1.82, 2.24) is 9.78 Å². The van der Waals surface area contributed by atoms with Crippen LogP contribution in [0.2, 0.25) is 0 Å². The lowest BCUT2D eigenvalue weighted by atomic mass is 10.4. The molecule has 2 aromatic rings. The summed E-state index contributed by atoms with van der Waals surface area (Å²) in [5.74, 6) is 6.17. The van der Waals surface area contributed by atoms with E-state index in [0.717, 1.165) is 9.75 Å². The Morgan fingerprint density at radius 3 is 3.00 bits per heavy atom. The summed E-state index contributed by atoms with van der Waals surface area (Å²) < 4.78 is 6.37. The zero-order chi connectivity index (χ0) is 13.7. The summed E-state index contributed by atoms with van der Waals surface area (Å²) in [6.45, 7) is 0.745. The fourth-order valence-corrected chi connectivity index (χ4v) is 2.33.